The third-order valence-electron chi connectivity index (χ3n) is 3.79. The number of nitrogens with zero attached hydrogens (tertiary/aromatic N) is 2. The number of hydrogen-bond acceptors (Lipinski definition) is 3. The second-order valence-electron chi connectivity index (χ2n) is 6.18. The molecule has 1 heterocycles. The topological polar surface area (TPSA) is 28.2 Å². The molecule has 114 valence electrons. The predicted molar refractivity (Wildman–Crippen MR) is 88.3 cm³/mol. The number of nitrogens with one attached hydrogen (secondary N) is 1. The van der Waals surface area contributed by atoms with Crippen molar-refractivity contribution in [1.82, 2.24) is 10.3 Å². The summed E-state index contributed by atoms with van der Waals surface area (Å²) >= 11 is 0. The van der Waals surface area contributed by atoms with Crippen molar-refractivity contribution in [2.45, 2.75) is 59.5 Å². The molecule has 0 saturated heterocycles. The summed E-state index contributed by atoms with van der Waals surface area (Å²) in [5.41, 5.74) is 1.29. The summed E-state index contributed by atoms with van der Waals surface area (Å²) in [5.74, 6) is 1.81. The van der Waals surface area contributed by atoms with Gasteiger partial charge in [0.15, 0.2) is 0 Å². The van der Waals surface area contributed by atoms with Crippen LogP contribution in [0.5, 0.6) is 0 Å². The Labute approximate surface area is 124 Å². The van der Waals surface area contributed by atoms with Gasteiger partial charge in [-0.3, -0.25) is 0 Å². The van der Waals surface area contributed by atoms with Crippen molar-refractivity contribution < 1.29 is 0 Å². The van der Waals surface area contributed by atoms with Crippen LogP contribution in [-0.2, 0) is 0 Å². The van der Waals surface area contributed by atoms with Crippen molar-refractivity contribution in [3.05, 3.63) is 23.9 Å². The van der Waals surface area contributed by atoms with Crippen LogP contribution in [-0.4, -0.2) is 24.6 Å². The van der Waals surface area contributed by atoms with Gasteiger partial charge in [-0.25, -0.2) is 4.98 Å². The highest BCUT2D eigenvalue weighted by Gasteiger charge is 2.18. The monoisotopic (exact) mass is 277 g/mol. The molecule has 0 spiro atoms. The molecule has 0 aromatic carbocycles. The molecule has 1 aromatic heterocycles. The zero-order chi connectivity index (χ0) is 15.1. The molecule has 0 aliphatic carbocycles. The number of aromatic nitrogens is 1. The lowest BCUT2D eigenvalue weighted by Gasteiger charge is -2.30. The molecular weight excluding hydrogens is 246 g/mol. The van der Waals surface area contributed by atoms with Crippen molar-refractivity contribution in [1.29, 1.82) is 0 Å². The van der Waals surface area contributed by atoms with Gasteiger partial charge in [0.25, 0.3) is 0 Å². The van der Waals surface area contributed by atoms with Crippen molar-refractivity contribution in [3.63, 3.8) is 0 Å². The molecule has 3 nitrogen and oxygen atoms in total. The van der Waals surface area contributed by atoms with E-state index in [0.717, 1.165) is 18.8 Å². The van der Waals surface area contributed by atoms with Crippen LogP contribution in [0.15, 0.2) is 18.3 Å². The number of anilines is 1. The molecule has 1 aromatic rings. The molecule has 1 N–H and O–H groups in total. The van der Waals surface area contributed by atoms with E-state index in [-0.39, 0.29) is 0 Å². The fourth-order valence-electron chi connectivity index (χ4n) is 2.56. The van der Waals surface area contributed by atoms with Crippen LogP contribution in [0.3, 0.4) is 0 Å². The van der Waals surface area contributed by atoms with Crippen molar-refractivity contribution in [2.24, 2.45) is 5.92 Å². The van der Waals surface area contributed by atoms with Gasteiger partial charge in [-0.2, -0.15) is 0 Å². The second kappa shape index (κ2) is 8.25. The minimum Gasteiger partial charge on any atom is -0.357 e. The van der Waals surface area contributed by atoms with E-state index in [4.69, 9.17) is 0 Å². The third-order valence-corrected chi connectivity index (χ3v) is 3.79. The Kier molecular flexibility index (Phi) is 7.00. The lowest BCUT2D eigenvalue weighted by atomic mass is 10.0. The van der Waals surface area contributed by atoms with Crippen LogP contribution >= 0.6 is 0 Å². The molecule has 0 bridgehead atoms. The van der Waals surface area contributed by atoms with Gasteiger partial charge >= 0.3 is 0 Å². The quantitative estimate of drug-likeness (QED) is 0.778. The minimum absolute atomic E-state index is 0.340. The van der Waals surface area contributed by atoms with Crippen LogP contribution in [0.4, 0.5) is 5.82 Å². The van der Waals surface area contributed by atoms with Gasteiger partial charge in [0.1, 0.15) is 5.82 Å². The van der Waals surface area contributed by atoms with E-state index >= 15 is 0 Å². The average Bonchev–Trinajstić information content (AvgIpc) is 2.43. The highest BCUT2D eigenvalue weighted by molar-refractivity contribution is 5.48. The molecule has 0 amide bonds. The normalized spacial score (nSPS) is 14.3. The maximum absolute atomic E-state index is 4.62. The van der Waals surface area contributed by atoms with Gasteiger partial charge in [0.05, 0.1) is 0 Å². The standard InChI is InChI=1S/C17H31N3/c1-7-10-18-15(5)16-9-8-11-19-17(16)20(6)14(4)12-13(2)3/h8-9,11,13-15,18H,7,10,12H2,1-6H3. The summed E-state index contributed by atoms with van der Waals surface area (Å²) in [7, 11) is 2.16. The first-order valence-corrected chi connectivity index (χ1v) is 7.88. The summed E-state index contributed by atoms with van der Waals surface area (Å²) < 4.78 is 0. The minimum atomic E-state index is 0.340. The Morgan fingerprint density at radius 1 is 1.25 bits per heavy atom. The lowest BCUT2D eigenvalue weighted by Crippen LogP contribution is -2.33. The molecule has 0 aliphatic rings. The summed E-state index contributed by atoms with van der Waals surface area (Å²) in [6.45, 7) is 12.3. The predicted octanol–water partition coefficient (Wildman–Crippen LogP) is 4.01. The first-order valence-electron chi connectivity index (χ1n) is 7.88. The molecule has 0 fully saturated rings. The SMILES string of the molecule is CCCNC(C)c1cccnc1N(C)C(C)CC(C)C. The zero-order valence-corrected chi connectivity index (χ0v) is 14.0. The Morgan fingerprint density at radius 2 is 1.95 bits per heavy atom. The van der Waals surface area contributed by atoms with E-state index in [2.05, 4.69) is 62.9 Å². The molecule has 1 rings (SSSR count). The molecule has 20 heavy (non-hydrogen) atoms. The first kappa shape index (κ1) is 17.0. The average molecular weight is 277 g/mol. The fourth-order valence-corrected chi connectivity index (χ4v) is 2.56. The summed E-state index contributed by atoms with van der Waals surface area (Å²) in [5, 5.41) is 3.56. The number of pyridine rings is 1. The second-order valence-corrected chi connectivity index (χ2v) is 6.18. The first-order chi connectivity index (χ1) is 9.47. The van der Waals surface area contributed by atoms with E-state index < -0.39 is 0 Å². The van der Waals surface area contributed by atoms with E-state index in [1.54, 1.807) is 0 Å². The van der Waals surface area contributed by atoms with Gasteiger partial charge in [-0.05, 0) is 45.2 Å². The van der Waals surface area contributed by atoms with Gasteiger partial charge in [-0.1, -0.05) is 26.8 Å². The van der Waals surface area contributed by atoms with E-state index in [1.165, 1.54) is 12.0 Å². The number of rotatable bonds is 8. The van der Waals surface area contributed by atoms with E-state index in [9.17, 15) is 0 Å². The molecule has 3 heteroatoms. The lowest BCUT2D eigenvalue weighted by molar-refractivity contribution is 0.498. The Morgan fingerprint density at radius 3 is 2.55 bits per heavy atom. The van der Waals surface area contributed by atoms with Gasteiger partial charge in [0.2, 0.25) is 0 Å². The van der Waals surface area contributed by atoms with Crippen LogP contribution in [0.25, 0.3) is 0 Å². The van der Waals surface area contributed by atoms with Gasteiger partial charge in [-0.15, -0.1) is 0 Å². The highest BCUT2D eigenvalue weighted by Crippen LogP contribution is 2.25. The van der Waals surface area contributed by atoms with Crippen molar-refractivity contribution in [2.75, 3.05) is 18.5 Å². The van der Waals surface area contributed by atoms with E-state index in [1.807, 2.05) is 12.3 Å². The Balaban J connectivity index is 2.88. The number of hydrogen-bond donors (Lipinski definition) is 1. The zero-order valence-electron chi connectivity index (χ0n) is 14.0. The van der Waals surface area contributed by atoms with Gasteiger partial charge < -0.3 is 10.2 Å². The fraction of sp³-hybridized carbons (Fsp3) is 0.706. The summed E-state index contributed by atoms with van der Waals surface area (Å²) in [6, 6.07) is 5.06. The summed E-state index contributed by atoms with van der Waals surface area (Å²) in [6.07, 6.45) is 4.23. The highest BCUT2D eigenvalue weighted by atomic mass is 15.2. The Bertz CT molecular complexity index is 390. The van der Waals surface area contributed by atoms with Crippen LogP contribution < -0.4 is 10.2 Å². The molecule has 0 radical (unpaired) electrons. The molecule has 0 aliphatic heterocycles. The van der Waals surface area contributed by atoms with Crippen molar-refractivity contribution >= 4 is 5.82 Å². The smallest absolute Gasteiger partial charge is 0.133 e. The molecule has 2 unspecified atom stereocenters. The van der Waals surface area contributed by atoms with Gasteiger partial charge in [0, 0.05) is 30.9 Å². The third kappa shape index (κ3) is 4.78. The molecule has 0 saturated carbocycles. The molecular formula is C17H31N3. The molecule has 2 atom stereocenters. The van der Waals surface area contributed by atoms with Crippen LogP contribution in [0.2, 0.25) is 0 Å². The maximum atomic E-state index is 4.62. The van der Waals surface area contributed by atoms with Crippen LogP contribution in [0, 0.1) is 5.92 Å². The Hall–Kier alpha value is -1.09. The largest absolute Gasteiger partial charge is 0.357 e. The van der Waals surface area contributed by atoms with Crippen molar-refractivity contribution in [3.8, 4) is 0 Å². The maximum Gasteiger partial charge on any atom is 0.133 e. The van der Waals surface area contributed by atoms with E-state index in [0.29, 0.717) is 18.0 Å². The summed E-state index contributed by atoms with van der Waals surface area (Å²) in [4.78, 5) is 6.94. The van der Waals surface area contributed by atoms with Crippen LogP contribution in [0.1, 0.15) is 59.1 Å².